The summed E-state index contributed by atoms with van der Waals surface area (Å²) in [4.78, 5) is 14.1. The number of likely N-dealkylation sites (N-methyl/N-ethyl adjacent to an activating group) is 2. The van der Waals surface area contributed by atoms with Crippen LogP contribution in [0.4, 0.5) is 0 Å². The Morgan fingerprint density at radius 3 is 2.32 bits per heavy atom. The fourth-order valence-corrected chi connectivity index (χ4v) is 4.26. The molecule has 0 bridgehead atoms. The Morgan fingerprint density at radius 1 is 1.16 bits per heavy atom. The van der Waals surface area contributed by atoms with Gasteiger partial charge in [0.25, 0.3) is 0 Å². The first-order valence-corrected chi connectivity index (χ1v) is 9.99. The molecule has 0 N–H and O–H groups in total. The Balaban J connectivity index is 1.97. The highest BCUT2D eigenvalue weighted by molar-refractivity contribution is 7.89. The van der Waals surface area contributed by atoms with E-state index in [1.807, 2.05) is 6.07 Å². The molecule has 0 unspecified atom stereocenters. The van der Waals surface area contributed by atoms with Crippen molar-refractivity contribution in [1.29, 1.82) is 5.26 Å². The molecule has 2 rings (SSSR count). The van der Waals surface area contributed by atoms with Crippen LogP contribution in [0, 0.1) is 17.2 Å². The largest absolute Gasteiger partial charge is 0.344 e. The van der Waals surface area contributed by atoms with E-state index in [1.54, 1.807) is 11.9 Å². The van der Waals surface area contributed by atoms with Crippen molar-refractivity contribution in [3.05, 3.63) is 29.8 Å². The highest BCUT2D eigenvalue weighted by Crippen LogP contribution is 2.24. The van der Waals surface area contributed by atoms with E-state index in [2.05, 4.69) is 0 Å². The molecular weight excluding hydrogens is 338 g/mol. The molecule has 25 heavy (non-hydrogen) atoms. The molecule has 1 aliphatic carbocycles. The Bertz CT molecular complexity index is 732. The summed E-state index contributed by atoms with van der Waals surface area (Å²) in [6.45, 7) is 0.495. The number of benzene rings is 1. The number of hydrogen-bond acceptors (Lipinski definition) is 4. The lowest BCUT2D eigenvalue weighted by atomic mass is 9.89. The van der Waals surface area contributed by atoms with Gasteiger partial charge in [0.05, 0.1) is 23.1 Å². The summed E-state index contributed by atoms with van der Waals surface area (Å²) in [6, 6.07) is 7.64. The molecule has 6 nitrogen and oxygen atoms in total. The first-order valence-electron chi connectivity index (χ1n) is 8.55. The minimum Gasteiger partial charge on any atom is -0.344 e. The predicted octanol–water partition coefficient (Wildman–Crippen LogP) is 2.22. The molecule has 1 saturated carbocycles. The molecular formula is C18H25N3O3S. The minimum absolute atomic E-state index is 0.0803. The number of nitrogens with zero attached hydrogens (tertiary/aromatic N) is 3. The lowest BCUT2D eigenvalue weighted by Crippen LogP contribution is -2.41. The number of hydrogen-bond donors (Lipinski definition) is 0. The molecule has 0 heterocycles. The van der Waals surface area contributed by atoms with Crippen LogP contribution in [0.25, 0.3) is 0 Å². The zero-order valence-corrected chi connectivity index (χ0v) is 15.6. The van der Waals surface area contributed by atoms with Crippen LogP contribution >= 0.6 is 0 Å². The number of amides is 1. The van der Waals surface area contributed by atoms with Gasteiger partial charge in [-0.15, -0.1) is 0 Å². The molecule has 0 radical (unpaired) electrons. The Labute approximate surface area is 150 Å². The average molecular weight is 363 g/mol. The zero-order chi connectivity index (χ0) is 18.4. The highest BCUT2D eigenvalue weighted by atomic mass is 32.2. The summed E-state index contributed by atoms with van der Waals surface area (Å²) in [7, 11) is -0.611. The van der Waals surface area contributed by atoms with E-state index in [0.29, 0.717) is 18.0 Å². The summed E-state index contributed by atoms with van der Waals surface area (Å²) in [5.74, 6) is 0.313. The monoisotopic (exact) mass is 363 g/mol. The maximum absolute atomic E-state index is 12.6. The maximum atomic E-state index is 12.6. The molecule has 0 saturated heterocycles. The second kappa shape index (κ2) is 8.45. The predicted molar refractivity (Wildman–Crippen MR) is 95.2 cm³/mol. The lowest BCUT2D eigenvalue weighted by Gasteiger charge is -2.28. The Hall–Kier alpha value is -1.91. The van der Waals surface area contributed by atoms with E-state index in [-0.39, 0.29) is 17.3 Å². The molecule has 1 aromatic rings. The second-order valence-electron chi connectivity index (χ2n) is 6.68. The topological polar surface area (TPSA) is 81.5 Å². The van der Waals surface area contributed by atoms with E-state index >= 15 is 0 Å². The van der Waals surface area contributed by atoms with Crippen molar-refractivity contribution < 1.29 is 13.2 Å². The number of rotatable bonds is 6. The highest BCUT2D eigenvalue weighted by Gasteiger charge is 2.25. The standard InChI is InChI=1S/C18H25N3O3S/c1-20(13-16-6-4-3-5-7-16)18(22)14-21(2)25(23,24)17-10-8-15(12-19)9-11-17/h8-11,16H,3-7,13-14H2,1-2H3. The third-order valence-corrected chi connectivity index (χ3v) is 6.55. The fourth-order valence-electron chi connectivity index (χ4n) is 3.14. The molecule has 0 aliphatic heterocycles. The van der Waals surface area contributed by atoms with Gasteiger partial charge >= 0.3 is 0 Å². The van der Waals surface area contributed by atoms with Gasteiger partial charge in [0.15, 0.2) is 0 Å². The van der Waals surface area contributed by atoms with Gasteiger partial charge in [-0.1, -0.05) is 19.3 Å². The van der Waals surface area contributed by atoms with Crippen LogP contribution in [-0.4, -0.2) is 50.7 Å². The molecule has 7 heteroatoms. The number of carbonyl (C=O) groups is 1. The van der Waals surface area contributed by atoms with Crippen molar-refractivity contribution in [3.63, 3.8) is 0 Å². The van der Waals surface area contributed by atoms with Crippen LogP contribution in [-0.2, 0) is 14.8 Å². The molecule has 1 amide bonds. The molecule has 1 fully saturated rings. The first kappa shape index (κ1) is 19.4. The molecule has 136 valence electrons. The van der Waals surface area contributed by atoms with E-state index in [9.17, 15) is 13.2 Å². The van der Waals surface area contributed by atoms with Crippen molar-refractivity contribution in [2.45, 2.75) is 37.0 Å². The summed E-state index contributed by atoms with van der Waals surface area (Å²) >= 11 is 0. The summed E-state index contributed by atoms with van der Waals surface area (Å²) in [5.41, 5.74) is 0.393. The van der Waals surface area contributed by atoms with E-state index in [4.69, 9.17) is 5.26 Å². The van der Waals surface area contributed by atoms with Gasteiger partial charge in [-0.25, -0.2) is 8.42 Å². The smallest absolute Gasteiger partial charge is 0.243 e. The molecule has 0 aromatic heterocycles. The van der Waals surface area contributed by atoms with Crippen molar-refractivity contribution >= 4 is 15.9 Å². The van der Waals surface area contributed by atoms with Gasteiger partial charge in [-0.2, -0.15) is 9.57 Å². The third kappa shape index (κ3) is 5.03. The van der Waals surface area contributed by atoms with Gasteiger partial charge in [0.2, 0.25) is 15.9 Å². The molecule has 0 spiro atoms. The lowest BCUT2D eigenvalue weighted by molar-refractivity contribution is -0.130. The molecule has 1 aromatic carbocycles. The van der Waals surface area contributed by atoms with Gasteiger partial charge in [0, 0.05) is 20.6 Å². The fraction of sp³-hybridized carbons (Fsp3) is 0.556. The zero-order valence-electron chi connectivity index (χ0n) is 14.8. The van der Waals surface area contributed by atoms with Crippen LogP contribution in [0.5, 0.6) is 0 Å². The number of nitriles is 1. The SMILES string of the molecule is CN(CC1CCCCC1)C(=O)CN(C)S(=O)(=O)c1ccc(C#N)cc1. The van der Waals surface area contributed by atoms with Gasteiger partial charge < -0.3 is 4.90 Å². The van der Waals surface area contributed by atoms with Gasteiger partial charge in [-0.3, -0.25) is 4.79 Å². The van der Waals surface area contributed by atoms with Crippen LogP contribution < -0.4 is 0 Å². The van der Waals surface area contributed by atoms with E-state index in [0.717, 1.165) is 17.1 Å². The van der Waals surface area contributed by atoms with Crippen molar-refractivity contribution in [3.8, 4) is 6.07 Å². The van der Waals surface area contributed by atoms with Crippen LogP contribution in [0.1, 0.15) is 37.7 Å². The van der Waals surface area contributed by atoms with Gasteiger partial charge in [0.1, 0.15) is 0 Å². The normalized spacial score (nSPS) is 15.8. The van der Waals surface area contributed by atoms with Crippen LogP contribution in [0.15, 0.2) is 29.2 Å². The van der Waals surface area contributed by atoms with Crippen molar-refractivity contribution in [2.75, 3.05) is 27.2 Å². The Kier molecular flexibility index (Phi) is 6.57. The summed E-state index contributed by atoms with van der Waals surface area (Å²) in [5, 5.41) is 8.80. The third-order valence-electron chi connectivity index (χ3n) is 4.73. The van der Waals surface area contributed by atoms with Crippen LogP contribution in [0.2, 0.25) is 0 Å². The average Bonchev–Trinajstić information content (AvgIpc) is 2.62. The van der Waals surface area contributed by atoms with E-state index in [1.165, 1.54) is 50.6 Å². The number of carbonyl (C=O) groups excluding carboxylic acids is 1. The molecule has 0 atom stereocenters. The first-order chi connectivity index (χ1) is 11.8. The Morgan fingerprint density at radius 2 is 1.76 bits per heavy atom. The number of sulfonamides is 1. The van der Waals surface area contributed by atoms with Crippen molar-refractivity contribution in [1.82, 2.24) is 9.21 Å². The second-order valence-corrected chi connectivity index (χ2v) is 8.72. The quantitative estimate of drug-likeness (QED) is 0.776. The van der Waals surface area contributed by atoms with Gasteiger partial charge in [-0.05, 0) is 43.0 Å². The van der Waals surface area contributed by atoms with E-state index < -0.39 is 10.0 Å². The maximum Gasteiger partial charge on any atom is 0.243 e. The summed E-state index contributed by atoms with van der Waals surface area (Å²) < 4.78 is 26.2. The van der Waals surface area contributed by atoms with Crippen LogP contribution in [0.3, 0.4) is 0 Å². The van der Waals surface area contributed by atoms with Crippen molar-refractivity contribution in [2.24, 2.45) is 5.92 Å². The molecule has 1 aliphatic rings. The minimum atomic E-state index is -3.75. The summed E-state index contributed by atoms with van der Waals surface area (Å²) in [6.07, 6.45) is 5.95.